The Labute approximate surface area is 167 Å². The highest BCUT2D eigenvalue weighted by Gasteiger charge is 1.97. The Bertz CT molecular complexity index is 835. The standard InChI is InChI=1S/C18H14Br2N6/c19-15-5-1-13(2-6-15)11-22-25-17-9-10-21-18(24-17)26-23-12-14-3-7-16(20)8-4-14/h1-12H,(H2,21,24,25,26)/b22-11+,23-12+. The van der Waals surface area contributed by atoms with E-state index < -0.39 is 0 Å². The molecule has 0 atom stereocenters. The number of benzene rings is 2. The van der Waals surface area contributed by atoms with Gasteiger partial charge in [-0.1, -0.05) is 56.1 Å². The van der Waals surface area contributed by atoms with E-state index in [4.69, 9.17) is 0 Å². The molecule has 0 amide bonds. The minimum atomic E-state index is 0.377. The van der Waals surface area contributed by atoms with Crippen LogP contribution in [0.15, 0.2) is 79.9 Å². The molecule has 2 aromatic carbocycles. The van der Waals surface area contributed by atoms with Crippen LogP contribution in [0.5, 0.6) is 0 Å². The third kappa shape index (κ3) is 5.75. The minimum absolute atomic E-state index is 0.377. The van der Waals surface area contributed by atoms with Gasteiger partial charge in [-0.3, -0.25) is 5.43 Å². The first-order valence-corrected chi connectivity index (χ1v) is 9.20. The number of halogens is 2. The van der Waals surface area contributed by atoms with Crippen LogP contribution in [0.3, 0.4) is 0 Å². The van der Waals surface area contributed by atoms with Crippen molar-refractivity contribution in [3.63, 3.8) is 0 Å². The summed E-state index contributed by atoms with van der Waals surface area (Å²) in [6, 6.07) is 17.4. The molecule has 0 aliphatic carbocycles. The van der Waals surface area contributed by atoms with E-state index in [-0.39, 0.29) is 0 Å². The van der Waals surface area contributed by atoms with Crippen molar-refractivity contribution < 1.29 is 0 Å². The van der Waals surface area contributed by atoms with E-state index in [0.717, 1.165) is 20.1 Å². The molecule has 3 aromatic rings. The third-order valence-electron chi connectivity index (χ3n) is 3.17. The summed E-state index contributed by atoms with van der Waals surface area (Å²) in [5, 5.41) is 8.30. The van der Waals surface area contributed by atoms with Crippen LogP contribution in [0, 0.1) is 0 Å². The largest absolute Gasteiger partial charge is 0.261 e. The Morgan fingerprint density at radius 3 is 1.85 bits per heavy atom. The van der Waals surface area contributed by atoms with Gasteiger partial charge >= 0.3 is 0 Å². The predicted octanol–water partition coefficient (Wildman–Crippen LogP) is 4.89. The van der Waals surface area contributed by atoms with Gasteiger partial charge in [0.25, 0.3) is 0 Å². The van der Waals surface area contributed by atoms with E-state index in [1.165, 1.54) is 0 Å². The van der Waals surface area contributed by atoms with Gasteiger partial charge in [0.1, 0.15) is 0 Å². The Morgan fingerprint density at radius 1 is 0.731 bits per heavy atom. The summed E-state index contributed by atoms with van der Waals surface area (Å²) in [6.07, 6.45) is 5.04. The fourth-order valence-corrected chi connectivity index (χ4v) is 2.44. The molecule has 0 bridgehead atoms. The molecule has 2 N–H and O–H groups in total. The number of hydrazone groups is 2. The van der Waals surface area contributed by atoms with Crippen molar-refractivity contribution in [2.45, 2.75) is 0 Å². The van der Waals surface area contributed by atoms with E-state index in [0.29, 0.717) is 11.8 Å². The summed E-state index contributed by atoms with van der Waals surface area (Å²) < 4.78 is 2.05. The predicted molar refractivity (Wildman–Crippen MR) is 113 cm³/mol. The van der Waals surface area contributed by atoms with Gasteiger partial charge in [-0.2, -0.15) is 15.2 Å². The molecule has 0 saturated heterocycles. The molecule has 0 aliphatic heterocycles. The molecule has 1 heterocycles. The van der Waals surface area contributed by atoms with Crippen LogP contribution >= 0.6 is 31.9 Å². The Hall–Kier alpha value is -2.58. The summed E-state index contributed by atoms with van der Waals surface area (Å²) in [7, 11) is 0. The second-order valence-corrected chi connectivity index (χ2v) is 6.94. The van der Waals surface area contributed by atoms with E-state index in [1.807, 2.05) is 48.5 Å². The quantitative estimate of drug-likeness (QED) is 0.394. The van der Waals surface area contributed by atoms with Crippen LogP contribution < -0.4 is 10.9 Å². The number of hydrogen-bond donors (Lipinski definition) is 2. The minimum Gasteiger partial charge on any atom is -0.261 e. The van der Waals surface area contributed by atoms with Crippen molar-refractivity contribution in [2.75, 3.05) is 10.9 Å². The van der Waals surface area contributed by atoms with Gasteiger partial charge in [-0.05, 0) is 35.4 Å². The molecule has 0 aliphatic rings. The monoisotopic (exact) mass is 472 g/mol. The molecule has 130 valence electrons. The molecule has 0 radical (unpaired) electrons. The number of aromatic nitrogens is 2. The van der Waals surface area contributed by atoms with Crippen LogP contribution in [-0.2, 0) is 0 Å². The molecule has 3 rings (SSSR count). The van der Waals surface area contributed by atoms with Crippen LogP contribution in [0.25, 0.3) is 0 Å². The fraction of sp³-hybridized carbons (Fsp3) is 0. The van der Waals surface area contributed by atoms with E-state index >= 15 is 0 Å². The first-order valence-electron chi connectivity index (χ1n) is 7.61. The van der Waals surface area contributed by atoms with Gasteiger partial charge in [0.05, 0.1) is 12.4 Å². The summed E-state index contributed by atoms with van der Waals surface area (Å²) in [5.41, 5.74) is 7.62. The van der Waals surface area contributed by atoms with Crippen LogP contribution in [-0.4, -0.2) is 22.4 Å². The second-order valence-electron chi connectivity index (χ2n) is 5.11. The zero-order valence-corrected chi connectivity index (χ0v) is 16.6. The van der Waals surface area contributed by atoms with E-state index in [1.54, 1.807) is 24.7 Å². The Balaban J connectivity index is 1.57. The third-order valence-corrected chi connectivity index (χ3v) is 4.22. The fourth-order valence-electron chi connectivity index (χ4n) is 1.91. The molecule has 1 aromatic heterocycles. The van der Waals surface area contributed by atoms with E-state index in [2.05, 4.69) is 62.9 Å². The van der Waals surface area contributed by atoms with Crippen molar-refractivity contribution in [3.8, 4) is 0 Å². The normalized spacial score (nSPS) is 11.2. The first-order chi connectivity index (χ1) is 12.7. The zero-order valence-electron chi connectivity index (χ0n) is 13.5. The number of rotatable bonds is 6. The summed E-state index contributed by atoms with van der Waals surface area (Å²) in [6.45, 7) is 0. The molecular weight excluding hydrogens is 460 g/mol. The van der Waals surface area contributed by atoms with Crippen molar-refractivity contribution >= 4 is 56.1 Å². The maximum atomic E-state index is 4.29. The number of nitrogens with zero attached hydrogens (tertiary/aromatic N) is 4. The molecule has 26 heavy (non-hydrogen) atoms. The Kier molecular flexibility index (Phi) is 6.45. The lowest BCUT2D eigenvalue weighted by Crippen LogP contribution is -2.00. The lowest BCUT2D eigenvalue weighted by Gasteiger charge is -2.02. The molecule has 6 nitrogen and oxygen atoms in total. The molecule has 0 unspecified atom stereocenters. The van der Waals surface area contributed by atoms with Gasteiger partial charge in [0.15, 0.2) is 5.82 Å². The van der Waals surface area contributed by atoms with Gasteiger partial charge in [-0.15, -0.1) is 0 Å². The van der Waals surface area contributed by atoms with Crippen LogP contribution in [0.1, 0.15) is 11.1 Å². The topological polar surface area (TPSA) is 74.6 Å². The lowest BCUT2D eigenvalue weighted by atomic mass is 10.2. The average Bonchev–Trinajstić information content (AvgIpc) is 2.65. The molecule has 0 saturated carbocycles. The number of anilines is 2. The summed E-state index contributed by atoms with van der Waals surface area (Å²) in [4.78, 5) is 8.41. The smallest absolute Gasteiger partial charge is 0.245 e. The van der Waals surface area contributed by atoms with Gasteiger partial charge in [0, 0.05) is 21.2 Å². The van der Waals surface area contributed by atoms with Crippen LogP contribution in [0.4, 0.5) is 11.8 Å². The van der Waals surface area contributed by atoms with Crippen molar-refractivity contribution in [3.05, 3.63) is 80.9 Å². The lowest BCUT2D eigenvalue weighted by molar-refractivity contribution is 1.10. The maximum absolute atomic E-state index is 4.29. The summed E-state index contributed by atoms with van der Waals surface area (Å²) in [5.74, 6) is 0.942. The van der Waals surface area contributed by atoms with E-state index in [9.17, 15) is 0 Å². The molecule has 0 fully saturated rings. The average molecular weight is 474 g/mol. The Morgan fingerprint density at radius 2 is 1.27 bits per heavy atom. The SMILES string of the molecule is Brc1ccc(/C=N/Nc2ccnc(N/N=C/c3ccc(Br)cc3)n2)cc1. The molecule has 8 heteroatoms. The van der Waals surface area contributed by atoms with Gasteiger partial charge < -0.3 is 0 Å². The zero-order chi connectivity index (χ0) is 18.2. The highest BCUT2D eigenvalue weighted by Crippen LogP contribution is 2.10. The van der Waals surface area contributed by atoms with Gasteiger partial charge in [0.2, 0.25) is 5.95 Å². The number of hydrogen-bond acceptors (Lipinski definition) is 6. The second kappa shape index (κ2) is 9.21. The molecule has 0 spiro atoms. The highest BCUT2D eigenvalue weighted by molar-refractivity contribution is 9.10. The maximum Gasteiger partial charge on any atom is 0.245 e. The number of nitrogens with one attached hydrogen (secondary N) is 2. The summed E-state index contributed by atoms with van der Waals surface area (Å²) >= 11 is 6.80. The van der Waals surface area contributed by atoms with Crippen molar-refractivity contribution in [2.24, 2.45) is 10.2 Å². The highest BCUT2D eigenvalue weighted by atomic mass is 79.9. The van der Waals surface area contributed by atoms with Crippen molar-refractivity contribution in [1.82, 2.24) is 9.97 Å². The van der Waals surface area contributed by atoms with Crippen molar-refractivity contribution in [1.29, 1.82) is 0 Å². The first kappa shape index (κ1) is 18.2. The van der Waals surface area contributed by atoms with Gasteiger partial charge in [-0.25, -0.2) is 10.4 Å². The molecular formula is C18H14Br2N6. The van der Waals surface area contributed by atoms with Crippen LogP contribution in [0.2, 0.25) is 0 Å².